The summed E-state index contributed by atoms with van der Waals surface area (Å²) in [6.07, 6.45) is 4.29. The second-order valence-electron chi connectivity index (χ2n) is 5.24. The van der Waals surface area contributed by atoms with Crippen LogP contribution in [0.3, 0.4) is 0 Å². The van der Waals surface area contributed by atoms with Gasteiger partial charge >= 0.3 is 0 Å². The van der Waals surface area contributed by atoms with Crippen molar-refractivity contribution in [1.82, 2.24) is 5.32 Å². The first-order valence-corrected chi connectivity index (χ1v) is 7.46. The Balaban J connectivity index is 1.34. The van der Waals surface area contributed by atoms with Gasteiger partial charge < -0.3 is 19.2 Å². The van der Waals surface area contributed by atoms with Crippen LogP contribution >= 0.6 is 0 Å². The lowest BCUT2D eigenvalue weighted by molar-refractivity contribution is 0.0879. The Morgan fingerprint density at radius 3 is 2.76 bits per heavy atom. The normalized spacial score (nSPS) is 14.3. The molecule has 1 aromatic heterocycles. The van der Waals surface area contributed by atoms with Crippen molar-refractivity contribution in [3.63, 3.8) is 0 Å². The van der Waals surface area contributed by atoms with E-state index in [0.717, 1.165) is 23.6 Å². The van der Waals surface area contributed by atoms with Gasteiger partial charge in [0.2, 0.25) is 0 Å². The number of nitrogens with one attached hydrogen (secondary N) is 1. The van der Waals surface area contributed by atoms with E-state index in [0.29, 0.717) is 25.9 Å². The highest BCUT2D eigenvalue weighted by atomic mass is 16.5. The average molecular weight is 287 g/mol. The van der Waals surface area contributed by atoms with Crippen LogP contribution in [0.2, 0.25) is 0 Å². The molecule has 4 nitrogen and oxygen atoms in total. The molecule has 2 aromatic rings. The summed E-state index contributed by atoms with van der Waals surface area (Å²) in [6, 6.07) is 12.4. The largest absolute Gasteiger partial charge is 0.491 e. The van der Waals surface area contributed by atoms with E-state index < -0.39 is 0 Å². The van der Waals surface area contributed by atoms with Crippen molar-refractivity contribution in [3.05, 3.63) is 54.0 Å². The van der Waals surface area contributed by atoms with Crippen molar-refractivity contribution in [2.75, 3.05) is 13.2 Å². The van der Waals surface area contributed by atoms with Gasteiger partial charge in [-0.1, -0.05) is 18.2 Å². The van der Waals surface area contributed by atoms with Crippen LogP contribution < -0.4 is 10.1 Å². The molecule has 0 amide bonds. The second-order valence-corrected chi connectivity index (χ2v) is 5.24. The molecule has 0 saturated heterocycles. The van der Waals surface area contributed by atoms with Crippen LogP contribution in [0.15, 0.2) is 47.1 Å². The monoisotopic (exact) mass is 287 g/mol. The minimum absolute atomic E-state index is 0.553. The molecule has 1 N–H and O–H groups in total. The van der Waals surface area contributed by atoms with E-state index in [1.54, 1.807) is 6.26 Å². The molecule has 0 spiro atoms. The molecule has 1 aliphatic carbocycles. The molecule has 1 aliphatic rings. The van der Waals surface area contributed by atoms with E-state index in [9.17, 15) is 0 Å². The molecule has 0 unspecified atom stereocenters. The van der Waals surface area contributed by atoms with Gasteiger partial charge in [0.05, 0.1) is 26.0 Å². The first-order chi connectivity index (χ1) is 10.4. The molecule has 0 radical (unpaired) electrons. The fourth-order valence-electron chi connectivity index (χ4n) is 2.09. The Morgan fingerprint density at radius 1 is 1.10 bits per heavy atom. The number of rotatable bonds is 9. The molecule has 21 heavy (non-hydrogen) atoms. The quantitative estimate of drug-likeness (QED) is 0.720. The standard InChI is InChI=1S/C17H21NO3/c1-2-4-16(5-3-1)20-11-10-19-13-14-8-9-21-17(14)12-18-15-6-7-15/h1-5,8-9,15,18H,6-7,10-13H2. The Hall–Kier alpha value is -1.78. The summed E-state index contributed by atoms with van der Waals surface area (Å²) in [7, 11) is 0. The SMILES string of the molecule is c1ccc(OCCOCc2ccoc2CNC2CC2)cc1. The van der Waals surface area contributed by atoms with Gasteiger partial charge in [-0.3, -0.25) is 0 Å². The van der Waals surface area contributed by atoms with Crippen LogP contribution in [0.4, 0.5) is 0 Å². The topological polar surface area (TPSA) is 43.6 Å². The third kappa shape index (κ3) is 4.62. The molecule has 1 aromatic carbocycles. The van der Waals surface area contributed by atoms with Crippen LogP contribution in [0.25, 0.3) is 0 Å². The number of hydrogen-bond donors (Lipinski definition) is 1. The minimum Gasteiger partial charge on any atom is -0.491 e. The van der Waals surface area contributed by atoms with Gasteiger partial charge in [-0.05, 0) is 31.0 Å². The molecule has 4 heteroatoms. The van der Waals surface area contributed by atoms with Gasteiger partial charge in [-0.25, -0.2) is 0 Å². The van der Waals surface area contributed by atoms with Crippen LogP contribution in [0.5, 0.6) is 5.75 Å². The van der Waals surface area contributed by atoms with Crippen molar-refractivity contribution >= 4 is 0 Å². The molecule has 1 saturated carbocycles. The molecule has 0 bridgehead atoms. The van der Waals surface area contributed by atoms with Gasteiger partial charge in [-0.2, -0.15) is 0 Å². The summed E-state index contributed by atoms with van der Waals surface area (Å²) in [4.78, 5) is 0. The lowest BCUT2D eigenvalue weighted by Crippen LogP contribution is -2.16. The molecular weight excluding hydrogens is 266 g/mol. The maximum absolute atomic E-state index is 5.65. The third-order valence-electron chi connectivity index (χ3n) is 3.46. The highest BCUT2D eigenvalue weighted by Gasteiger charge is 2.21. The van der Waals surface area contributed by atoms with Crippen molar-refractivity contribution in [2.45, 2.75) is 32.0 Å². The predicted octanol–water partition coefficient (Wildman–Crippen LogP) is 3.13. The van der Waals surface area contributed by atoms with Crippen molar-refractivity contribution in [3.8, 4) is 5.75 Å². The van der Waals surface area contributed by atoms with E-state index in [2.05, 4.69) is 5.32 Å². The Bertz CT molecular complexity index is 534. The summed E-state index contributed by atoms with van der Waals surface area (Å²) in [5.41, 5.74) is 1.11. The van der Waals surface area contributed by atoms with Gasteiger partial charge in [0, 0.05) is 11.6 Å². The molecule has 3 rings (SSSR count). The van der Waals surface area contributed by atoms with Gasteiger partial charge in [0.25, 0.3) is 0 Å². The summed E-state index contributed by atoms with van der Waals surface area (Å²) in [6.45, 7) is 2.47. The minimum atomic E-state index is 0.553. The predicted molar refractivity (Wildman–Crippen MR) is 80.2 cm³/mol. The van der Waals surface area contributed by atoms with E-state index in [1.807, 2.05) is 36.4 Å². The summed E-state index contributed by atoms with van der Waals surface area (Å²) in [5.74, 6) is 1.85. The lowest BCUT2D eigenvalue weighted by Gasteiger charge is -2.07. The molecule has 112 valence electrons. The van der Waals surface area contributed by atoms with Crippen LogP contribution in [-0.2, 0) is 17.9 Å². The Labute approximate surface area is 125 Å². The number of ether oxygens (including phenoxy) is 2. The van der Waals surface area contributed by atoms with E-state index in [4.69, 9.17) is 13.9 Å². The maximum Gasteiger partial charge on any atom is 0.123 e. The van der Waals surface area contributed by atoms with E-state index in [1.165, 1.54) is 12.8 Å². The first-order valence-electron chi connectivity index (χ1n) is 7.46. The zero-order chi connectivity index (χ0) is 14.3. The summed E-state index contributed by atoms with van der Waals surface area (Å²) in [5, 5.41) is 3.45. The second kappa shape index (κ2) is 7.29. The zero-order valence-corrected chi connectivity index (χ0v) is 12.1. The van der Waals surface area contributed by atoms with E-state index in [-0.39, 0.29) is 0 Å². The summed E-state index contributed by atoms with van der Waals surface area (Å²) >= 11 is 0. The van der Waals surface area contributed by atoms with Crippen LogP contribution in [-0.4, -0.2) is 19.3 Å². The Morgan fingerprint density at radius 2 is 1.95 bits per heavy atom. The number of para-hydroxylation sites is 1. The molecular formula is C17H21NO3. The number of furan rings is 1. The first kappa shape index (κ1) is 14.2. The van der Waals surface area contributed by atoms with Gasteiger partial charge in [0.1, 0.15) is 18.1 Å². The highest BCUT2D eigenvalue weighted by Crippen LogP contribution is 2.20. The summed E-state index contributed by atoms with van der Waals surface area (Å²) < 4.78 is 16.7. The van der Waals surface area contributed by atoms with E-state index >= 15 is 0 Å². The van der Waals surface area contributed by atoms with Crippen molar-refractivity contribution in [2.24, 2.45) is 0 Å². The Kier molecular flexibility index (Phi) is 4.92. The smallest absolute Gasteiger partial charge is 0.123 e. The zero-order valence-electron chi connectivity index (χ0n) is 12.1. The highest BCUT2D eigenvalue weighted by molar-refractivity contribution is 5.20. The molecule has 1 fully saturated rings. The van der Waals surface area contributed by atoms with Crippen molar-refractivity contribution in [1.29, 1.82) is 0 Å². The number of benzene rings is 1. The fraction of sp³-hybridized carbons (Fsp3) is 0.412. The average Bonchev–Trinajstić information content (AvgIpc) is 3.25. The van der Waals surface area contributed by atoms with Gasteiger partial charge in [-0.15, -0.1) is 0 Å². The van der Waals surface area contributed by atoms with Gasteiger partial charge in [0.15, 0.2) is 0 Å². The van der Waals surface area contributed by atoms with Crippen molar-refractivity contribution < 1.29 is 13.9 Å². The van der Waals surface area contributed by atoms with Crippen LogP contribution in [0, 0.1) is 0 Å². The van der Waals surface area contributed by atoms with Crippen LogP contribution in [0.1, 0.15) is 24.2 Å². The number of hydrogen-bond acceptors (Lipinski definition) is 4. The molecule has 0 atom stereocenters. The third-order valence-corrected chi connectivity index (χ3v) is 3.46. The lowest BCUT2D eigenvalue weighted by atomic mass is 10.2. The molecule has 1 heterocycles. The maximum atomic E-state index is 5.65. The molecule has 0 aliphatic heterocycles. The fourth-order valence-corrected chi connectivity index (χ4v) is 2.09.